The van der Waals surface area contributed by atoms with Crippen molar-refractivity contribution in [3.8, 4) is 0 Å². The van der Waals surface area contributed by atoms with Crippen LogP contribution in [0.3, 0.4) is 0 Å². The molecule has 0 atom stereocenters. The molecule has 17 heavy (non-hydrogen) atoms. The average Bonchev–Trinajstić information content (AvgIpc) is 2.18. The fraction of sp³-hybridized carbons (Fsp3) is 0.455. The summed E-state index contributed by atoms with van der Waals surface area (Å²) in [5, 5.41) is 0.358. The number of hydrogen-bond acceptors (Lipinski definition) is 3. The van der Waals surface area contributed by atoms with Crippen LogP contribution in [0, 0.1) is 5.82 Å². The first kappa shape index (κ1) is 14.4. The second-order valence-corrected chi connectivity index (χ2v) is 6.77. The van der Waals surface area contributed by atoms with Crippen molar-refractivity contribution in [3.63, 3.8) is 0 Å². The summed E-state index contributed by atoms with van der Waals surface area (Å²) in [6.07, 6.45) is 1.20. The highest BCUT2D eigenvalue weighted by atomic mass is 35.5. The Balaban J connectivity index is 2.59. The van der Waals surface area contributed by atoms with E-state index in [2.05, 4.69) is 0 Å². The van der Waals surface area contributed by atoms with E-state index in [0.717, 1.165) is 5.56 Å². The fourth-order valence-electron chi connectivity index (χ4n) is 1.34. The first-order valence-electron chi connectivity index (χ1n) is 5.08. The summed E-state index contributed by atoms with van der Waals surface area (Å²) in [5.41, 5.74) is 0.782. The molecule has 0 radical (unpaired) electrons. The maximum Gasteiger partial charge on any atom is 0.148 e. The molecule has 1 rings (SSSR count). The van der Waals surface area contributed by atoms with Crippen molar-refractivity contribution in [3.05, 3.63) is 34.6 Å². The zero-order valence-corrected chi connectivity index (χ0v) is 11.4. The van der Waals surface area contributed by atoms with Crippen molar-refractivity contribution in [1.29, 1.82) is 0 Å². The predicted molar refractivity (Wildman–Crippen MR) is 67.5 cm³/mol. The van der Waals surface area contributed by atoms with Crippen molar-refractivity contribution in [2.75, 3.05) is 25.6 Å². The standard InChI is InChI=1S/C11H15ClFNO2S/c1-14(5-6-17(2,15)16)8-9-3-4-10(13)7-11(9)12/h3-4,7H,5-6,8H2,1-2H3. The lowest BCUT2D eigenvalue weighted by Crippen LogP contribution is -2.25. The molecule has 0 aliphatic heterocycles. The Hall–Kier alpha value is -0.650. The molecular weight excluding hydrogens is 265 g/mol. The van der Waals surface area contributed by atoms with Crippen molar-refractivity contribution in [2.24, 2.45) is 0 Å². The predicted octanol–water partition coefficient (Wildman–Crippen LogP) is 1.96. The van der Waals surface area contributed by atoms with Gasteiger partial charge in [0, 0.05) is 24.4 Å². The van der Waals surface area contributed by atoms with Gasteiger partial charge in [0.1, 0.15) is 15.7 Å². The highest BCUT2D eigenvalue weighted by Crippen LogP contribution is 2.18. The maximum atomic E-state index is 12.8. The third-order valence-corrected chi connectivity index (χ3v) is 3.58. The first-order chi connectivity index (χ1) is 7.78. The average molecular weight is 280 g/mol. The zero-order valence-electron chi connectivity index (χ0n) is 9.78. The number of benzene rings is 1. The quantitative estimate of drug-likeness (QED) is 0.827. The molecule has 0 fully saturated rings. The van der Waals surface area contributed by atoms with Crippen molar-refractivity contribution < 1.29 is 12.8 Å². The largest absolute Gasteiger partial charge is 0.301 e. The molecule has 1 aromatic carbocycles. The third kappa shape index (κ3) is 5.48. The van der Waals surface area contributed by atoms with E-state index >= 15 is 0 Å². The van der Waals surface area contributed by atoms with Gasteiger partial charge in [-0.2, -0.15) is 0 Å². The van der Waals surface area contributed by atoms with Crippen LogP contribution in [-0.4, -0.2) is 38.9 Å². The lowest BCUT2D eigenvalue weighted by molar-refractivity contribution is 0.346. The Bertz CT molecular complexity index is 490. The number of halogens is 2. The van der Waals surface area contributed by atoms with Crippen LogP contribution < -0.4 is 0 Å². The van der Waals surface area contributed by atoms with Gasteiger partial charge >= 0.3 is 0 Å². The molecule has 0 aliphatic carbocycles. The van der Waals surface area contributed by atoms with Crippen LogP contribution in [-0.2, 0) is 16.4 Å². The Morgan fingerprint density at radius 2 is 2.06 bits per heavy atom. The van der Waals surface area contributed by atoms with Gasteiger partial charge in [0.15, 0.2) is 0 Å². The Morgan fingerprint density at radius 3 is 2.59 bits per heavy atom. The molecule has 0 amide bonds. The van der Waals surface area contributed by atoms with E-state index in [4.69, 9.17) is 11.6 Å². The minimum Gasteiger partial charge on any atom is -0.301 e. The summed E-state index contributed by atoms with van der Waals surface area (Å²) in [5.74, 6) is -0.278. The molecule has 0 aromatic heterocycles. The summed E-state index contributed by atoms with van der Waals surface area (Å²) < 4.78 is 34.8. The summed E-state index contributed by atoms with van der Waals surface area (Å²) in [6, 6.07) is 4.20. The third-order valence-electron chi connectivity index (χ3n) is 2.30. The van der Waals surface area contributed by atoms with Crippen LogP contribution in [0.1, 0.15) is 5.56 Å². The molecule has 0 aliphatic rings. The minimum absolute atomic E-state index is 0.0995. The van der Waals surface area contributed by atoms with E-state index in [-0.39, 0.29) is 11.6 Å². The van der Waals surface area contributed by atoms with E-state index in [0.29, 0.717) is 18.1 Å². The van der Waals surface area contributed by atoms with E-state index in [1.54, 1.807) is 13.1 Å². The van der Waals surface area contributed by atoms with E-state index < -0.39 is 9.84 Å². The van der Waals surface area contributed by atoms with Crippen LogP contribution in [0.2, 0.25) is 5.02 Å². The van der Waals surface area contributed by atoms with Crippen molar-refractivity contribution in [2.45, 2.75) is 6.54 Å². The second-order valence-electron chi connectivity index (χ2n) is 4.10. The molecule has 0 heterocycles. The van der Waals surface area contributed by atoms with Crippen LogP contribution in [0.4, 0.5) is 4.39 Å². The van der Waals surface area contributed by atoms with Gasteiger partial charge < -0.3 is 4.90 Å². The molecule has 6 heteroatoms. The number of hydrogen-bond donors (Lipinski definition) is 0. The zero-order chi connectivity index (χ0) is 13.1. The van der Waals surface area contributed by atoms with Crippen LogP contribution in [0.5, 0.6) is 0 Å². The maximum absolute atomic E-state index is 12.8. The van der Waals surface area contributed by atoms with Gasteiger partial charge in [-0.3, -0.25) is 0 Å². The molecule has 0 saturated carbocycles. The Labute approximate surface area is 106 Å². The highest BCUT2D eigenvalue weighted by molar-refractivity contribution is 7.90. The topological polar surface area (TPSA) is 37.4 Å². The van der Waals surface area contributed by atoms with E-state index in [1.165, 1.54) is 18.4 Å². The van der Waals surface area contributed by atoms with Gasteiger partial charge in [0.25, 0.3) is 0 Å². The SMILES string of the molecule is CN(CCS(C)(=O)=O)Cc1ccc(F)cc1Cl. The smallest absolute Gasteiger partial charge is 0.148 e. The lowest BCUT2D eigenvalue weighted by atomic mass is 10.2. The summed E-state index contributed by atoms with van der Waals surface area (Å²) in [6.45, 7) is 0.918. The van der Waals surface area contributed by atoms with Crippen LogP contribution >= 0.6 is 11.6 Å². The minimum atomic E-state index is -2.96. The van der Waals surface area contributed by atoms with Crippen LogP contribution in [0.15, 0.2) is 18.2 Å². The van der Waals surface area contributed by atoms with Gasteiger partial charge in [-0.25, -0.2) is 12.8 Å². The Morgan fingerprint density at radius 1 is 1.41 bits per heavy atom. The van der Waals surface area contributed by atoms with Gasteiger partial charge in [0.05, 0.1) is 5.75 Å². The molecule has 96 valence electrons. The molecule has 0 saturated heterocycles. The number of rotatable bonds is 5. The van der Waals surface area contributed by atoms with Gasteiger partial charge in [-0.05, 0) is 24.7 Å². The van der Waals surface area contributed by atoms with Crippen molar-refractivity contribution >= 4 is 21.4 Å². The summed E-state index contributed by atoms with van der Waals surface area (Å²) in [7, 11) is -1.17. The van der Waals surface area contributed by atoms with Gasteiger partial charge in [-0.15, -0.1) is 0 Å². The molecule has 0 unspecified atom stereocenters. The molecule has 0 bridgehead atoms. The monoisotopic (exact) mass is 279 g/mol. The van der Waals surface area contributed by atoms with E-state index in [1.807, 2.05) is 4.90 Å². The molecular formula is C11H15ClFNO2S. The lowest BCUT2D eigenvalue weighted by Gasteiger charge is -2.16. The van der Waals surface area contributed by atoms with E-state index in [9.17, 15) is 12.8 Å². The number of nitrogens with zero attached hydrogens (tertiary/aromatic N) is 1. The Kier molecular flexibility index (Phi) is 4.91. The van der Waals surface area contributed by atoms with Gasteiger partial charge in [-0.1, -0.05) is 17.7 Å². The number of sulfone groups is 1. The molecule has 0 N–H and O–H groups in total. The summed E-state index contributed by atoms with van der Waals surface area (Å²) in [4.78, 5) is 1.83. The highest BCUT2D eigenvalue weighted by Gasteiger charge is 2.08. The normalized spacial score (nSPS) is 12.1. The second kappa shape index (κ2) is 5.80. The van der Waals surface area contributed by atoms with Crippen molar-refractivity contribution in [1.82, 2.24) is 4.90 Å². The summed E-state index contributed by atoms with van der Waals surface area (Å²) >= 11 is 5.88. The van der Waals surface area contributed by atoms with Crippen LogP contribution in [0.25, 0.3) is 0 Å². The molecule has 1 aromatic rings. The molecule has 3 nitrogen and oxygen atoms in total. The molecule has 0 spiro atoms. The first-order valence-corrected chi connectivity index (χ1v) is 7.52. The fourth-order valence-corrected chi connectivity index (χ4v) is 2.21. The van der Waals surface area contributed by atoms with Gasteiger partial charge in [0.2, 0.25) is 0 Å².